The van der Waals surface area contributed by atoms with Gasteiger partial charge < -0.3 is 15.4 Å². The van der Waals surface area contributed by atoms with Gasteiger partial charge in [0.2, 0.25) is 0 Å². The fraction of sp³-hybridized carbons (Fsp3) is 0.333. The molecule has 1 atom stereocenters. The van der Waals surface area contributed by atoms with E-state index in [4.69, 9.17) is 0 Å². The Hall–Kier alpha value is -3.41. The van der Waals surface area contributed by atoms with E-state index in [2.05, 4.69) is 25.3 Å². The molecule has 0 aliphatic carbocycles. The summed E-state index contributed by atoms with van der Waals surface area (Å²) in [6, 6.07) is 8.84. The SMILES string of the molecule is CC(C)(C)c1ncc(C(=O)NC(CO)c2ccc(-c3ncnc4cc(C5=CCS(=O)(=O)CC5)[nH]c34)cc2)s1. The molecule has 9 nitrogen and oxygen atoms in total. The van der Waals surface area contributed by atoms with Crippen LogP contribution in [0.1, 0.15) is 59.2 Å². The van der Waals surface area contributed by atoms with Gasteiger partial charge in [0.1, 0.15) is 11.2 Å². The van der Waals surface area contributed by atoms with Crippen LogP contribution in [0.15, 0.2) is 48.9 Å². The number of amides is 1. The minimum absolute atomic E-state index is 0.0427. The third-order valence-electron chi connectivity index (χ3n) is 6.47. The minimum atomic E-state index is -3.01. The van der Waals surface area contributed by atoms with Gasteiger partial charge in [-0.1, -0.05) is 51.1 Å². The number of thiazole rings is 1. The molecule has 5 rings (SSSR count). The Morgan fingerprint density at radius 2 is 1.95 bits per heavy atom. The largest absolute Gasteiger partial charge is 0.394 e. The van der Waals surface area contributed by atoms with Crippen LogP contribution >= 0.6 is 11.3 Å². The van der Waals surface area contributed by atoms with Crippen molar-refractivity contribution < 1.29 is 18.3 Å². The van der Waals surface area contributed by atoms with Gasteiger partial charge in [0.25, 0.3) is 5.91 Å². The molecular weight excluding hydrogens is 522 g/mol. The lowest BCUT2D eigenvalue weighted by Crippen LogP contribution is -2.30. The summed E-state index contributed by atoms with van der Waals surface area (Å²) in [7, 11) is -3.01. The van der Waals surface area contributed by atoms with Crippen LogP contribution in [-0.2, 0) is 15.3 Å². The highest BCUT2D eigenvalue weighted by Crippen LogP contribution is 2.31. The molecule has 1 unspecified atom stereocenters. The lowest BCUT2D eigenvalue weighted by molar-refractivity contribution is 0.0920. The Bertz CT molecular complexity index is 1630. The summed E-state index contributed by atoms with van der Waals surface area (Å²) >= 11 is 1.35. The first kappa shape index (κ1) is 26.2. The monoisotopic (exact) mass is 551 g/mol. The maximum Gasteiger partial charge on any atom is 0.263 e. The highest BCUT2D eigenvalue weighted by molar-refractivity contribution is 7.91. The van der Waals surface area contributed by atoms with Gasteiger partial charge >= 0.3 is 0 Å². The summed E-state index contributed by atoms with van der Waals surface area (Å²) in [6.45, 7) is 5.89. The van der Waals surface area contributed by atoms with E-state index in [1.165, 1.54) is 17.7 Å². The van der Waals surface area contributed by atoms with Crippen LogP contribution in [0.3, 0.4) is 0 Å². The number of rotatable bonds is 6. The van der Waals surface area contributed by atoms with Crippen LogP contribution in [0.25, 0.3) is 27.9 Å². The Kier molecular flexibility index (Phi) is 6.93. The number of aromatic amines is 1. The van der Waals surface area contributed by atoms with Crippen molar-refractivity contribution in [2.45, 2.75) is 38.6 Å². The van der Waals surface area contributed by atoms with Crippen LogP contribution in [0.4, 0.5) is 0 Å². The fourth-order valence-electron chi connectivity index (χ4n) is 4.32. The number of aliphatic hydroxyl groups excluding tert-OH is 1. The first-order valence-electron chi connectivity index (χ1n) is 12.3. The molecule has 1 amide bonds. The first-order chi connectivity index (χ1) is 18.0. The van der Waals surface area contributed by atoms with Crippen LogP contribution < -0.4 is 5.32 Å². The van der Waals surface area contributed by atoms with Crippen LogP contribution in [0.5, 0.6) is 0 Å². The summed E-state index contributed by atoms with van der Waals surface area (Å²) in [4.78, 5) is 29.9. The molecule has 198 valence electrons. The number of allylic oxidation sites excluding steroid dienone is 1. The normalized spacial score (nSPS) is 16.3. The molecule has 3 aromatic heterocycles. The molecule has 0 spiro atoms. The van der Waals surface area contributed by atoms with Crippen molar-refractivity contribution in [3.8, 4) is 11.3 Å². The number of hydrogen-bond acceptors (Lipinski definition) is 8. The molecule has 0 bridgehead atoms. The van der Waals surface area contributed by atoms with Crippen molar-refractivity contribution in [2.24, 2.45) is 0 Å². The first-order valence-corrected chi connectivity index (χ1v) is 14.9. The van der Waals surface area contributed by atoms with Gasteiger partial charge in [0.15, 0.2) is 9.84 Å². The van der Waals surface area contributed by atoms with Gasteiger partial charge in [-0.2, -0.15) is 0 Å². The summed E-state index contributed by atoms with van der Waals surface area (Å²) in [5, 5.41) is 13.8. The number of aromatic nitrogens is 4. The number of benzene rings is 1. The Labute approximate surface area is 225 Å². The quantitative estimate of drug-likeness (QED) is 0.329. The summed E-state index contributed by atoms with van der Waals surface area (Å²) in [5.74, 6) is -0.0965. The summed E-state index contributed by atoms with van der Waals surface area (Å²) in [6.07, 6.45) is 5.29. The van der Waals surface area contributed by atoms with Crippen molar-refractivity contribution in [2.75, 3.05) is 18.1 Å². The van der Waals surface area contributed by atoms with E-state index >= 15 is 0 Å². The maximum absolute atomic E-state index is 12.8. The topological polar surface area (TPSA) is 138 Å². The second kappa shape index (κ2) is 10.0. The predicted molar refractivity (Wildman–Crippen MR) is 149 cm³/mol. The third kappa shape index (κ3) is 5.40. The average Bonchev–Trinajstić information content (AvgIpc) is 3.55. The van der Waals surface area contributed by atoms with Gasteiger partial charge in [0, 0.05) is 16.7 Å². The van der Waals surface area contributed by atoms with Crippen molar-refractivity contribution in [3.05, 3.63) is 70.1 Å². The number of nitrogens with zero attached hydrogens (tertiary/aromatic N) is 3. The van der Waals surface area contributed by atoms with Crippen molar-refractivity contribution in [3.63, 3.8) is 0 Å². The molecule has 4 heterocycles. The number of carbonyl (C=O) groups is 1. The van der Waals surface area contributed by atoms with Gasteiger partial charge in [-0.15, -0.1) is 11.3 Å². The molecule has 1 aliphatic rings. The van der Waals surface area contributed by atoms with E-state index < -0.39 is 15.9 Å². The molecule has 4 aromatic rings. The zero-order valence-electron chi connectivity index (χ0n) is 21.4. The number of sulfone groups is 1. The number of hydrogen-bond donors (Lipinski definition) is 3. The second-order valence-electron chi connectivity index (χ2n) is 10.4. The summed E-state index contributed by atoms with van der Waals surface area (Å²) in [5.41, 5.74) is 5.46. The zero-order valence-corrected chi connectivity index (χ0v) is 23.0. The average molecular weight is 552 g/mol. The van der Waals surface area contributed by atoms with E-state index in [0.29, 0.717) is 17.0 Å². The maximum atomic E-state index is 12.8. The van der Waals surface area contributed by atoms with Crippen LogP contribution in [0, 0.1) is 0 Å². The van der Waals surface area contributed by atoms with E-state index in [9.17, 15) is 18.3 Å². The minimum Gasteiger partial charge on any atom is -0.394 e. The lowest BCUT2D eigenvalue weighted by Gasteiger charge is -2.17. The molecule has 11 heteroatoms. The smallest absolute Gasteiger partial charge is 0.263 e. The molecule has 3 N–H and O–H groups in total. The molecular formula is C27H29N5O4S2. The number of H-pyrrole nitrogens is 1. The number of nitrogens with one attached hydrogen (secondary N) is 2. The molecule has 0 fully saturated rings. The highest BCUT2D eigenvalue weighted by atomic mass is 32.2. The van der Waals surface area contributed by atoms with E-state index in [-0.39, 0.29) is 29.4 Å². The molecule has 0 saturated heterocycles. The van der Waals surface area contributed by atoms with Crippen molar-refractivity contribution in [1.82, 2.24) is 25.3 Å². The van der Waals surface area contributed by atoms with E-state index in [0.717, 1.165) is 38.4 Å². The number of fused-ring (bicyclic) bond motifs is 1. The zero-order chi connectivity index (χ0) is 27.1. The molecule has 1 aromatic carbocycles. The molecule has 38 heavy (non-hydrogen) atoms. The predicted octanol–water partition coefficient (Wildman–Crippen LogP) is 4.04. The standard InChI is InChI=1S/C27H29N5O4S2/c1-27(2,3)26-28-13-22(37-26)25(34)32-21(14-33)16-4-6-18(7-5-16)23-24-20(29-15-30-23)12-19(31-24)17-8-10-38(35,36)11-9-17/h4-8,12-13,15,21,31,33H,9-11,14H2,1-3H3,(H,32,34). The number of carbonyl (C=O) groups excluding carboxylic acids is 1. The third-order valence-corrected chi connectivity index (χ3v) is 9.40. The second-order valence-corrected chi connectivity index (χ2v) is 13.6. The Morgan fingerprint density at radius 1 is 1.18 bits per heavy atom. The molecule has 0 radical (unpaired) electrons. The summed E-state index contributed by atoms with van der Waals surface area (Å²) < 4.78 is 23.6. The van der Waals surface area contributed by atoms with Crippen LogP contribution in [-0.4, -0.2) is 57.5 Å². The van der Waals surface area contributed by atoms with Gasteiger partial charge in [-0.05, 0) is 23.6 Å². The molecule has 1 aliphatic heterocycles. The van der Waals surface area contributed by atoms with Gasteiger partial charge in [-0.25, -0.2) is 23.4 Å². The van der Waals surface area contributed by atoms with E-state index in [1.807, 2.05) is 51.1 Å². The number of aliphatic hydroxyl groups is 1. The van der Waals surface area contributed by atoms with Crippen LogP contribution in [0.2, 0.25) is 0 Å². The van der Waals surface area contributed by atoms with Crippen molar-refractivity contribution >= 4 is 43.7 Å². The lowest BCUT2D eigenvalue weighted by atomic mass is 9.98. The van der Waals surface area contributed by atoms with E-state index in [1.54, 1.807) is 12.3 Å². The van der Waals surface area contributed by atoms with Crippen molar-refractivity contribution in [1.29, 1.82) is 0 Å². The highest BCUT2D eigenvalue weighted by Gasteiger charge is 2.23. The van der Waals surface area contributed by atoms with Gasteiger partial charge in [-0.3, -0.25) is 4.79 Å². The molecule has 0 saturated carbocycles. The van der Waals surface area contributed by atoms with Gasteiger partial charge in [0.05, 0.1) is 52.1 Å². The Balaban J connectivity index is 1.36. The Morgan fingerprint density at radius 3 is 2.58 bits per heavy atom. The fourth-order valence-corrected chi connectivity index (χ4v) is 6.35.